The number of carbonyl (C=O) groups excluding carboxylic acids is 1. The minimum atomic E-state index is -1.25. The van der Waals surface area contributed by atoms with Crippen molar-refractivity contribution in [3.8, 4) is 0 Å². The summed E-state index contributed by atoms with van der Waals surface area (Å²) in [6.07, 6.45) is 1.16. The summed E-state index contributed by atoms with van der Waals surface area (Å²) in [6, 6.07) is 1.26. The van der Waals surface area contributed by atoms with E-state index in [0.29, 0.717) is 0 Å². The van der Waals surface area contributed by atoms with E-state index in [1.165, 1.54) is 13.0 Å². The molecule has 0 saturated heterocycles. The standard InChI is InChI=1S/C7H5ClFNO.CH3FO/c1-4(11)6-2-5(8)3-10-7(6)9;2-1-3/h2-3H,1H3;3H,1H2. The van der Waals surface area contributed by atoms with Crippen molar-refractivity contribution in [3.63, 3.8) is 0 Å². The van der Waals surface area contributed by atoms with Crippen molar-refractivity contribution in [3.05, 3.63) is 28.8 Å². The Bertz CT molecular complexity index is 320. The number of halogens is 3. The van der Waals surface area contributed by atoms with Gasteiger partial charge in [-0.05, 0) is 13.0 Å². The van der Waals surface area contributed by atoms with Crippen LogP contribution in [-0.2, 0) is 0 Å². The van der Waals surface area contributed by atoms with Crippen molar-refractivity contribution in [2.75, 3.05) is 6.86 Å². The monoisotopic (exact) mass is 223 g/mol. The molecule has 0 aliphatic heterocycles. The molecule has 1 N–H and O–H groups in total. The van der Waals surface area contributed by atoms with Crippen molar-refractivity contribution < 1.29 is 18.7 Å². The quantitative estimate of drug-likeness (QED) is 0.585. The number of Topliss-reactive ketones (excluding diaryl/α,β-unsaturated/α-hetero) is 1. The van der Waals surface area contributed by atoms with Crippen molar-refractivity contribution in [1.29, 1.82) is 0 Å². The van der Waals surface area contributed by atoms with Gasteiger partial charge in [0.2, 0.25) is 5.95 Å². The van der Waals surface area contributed by atoms with Gasteiger partial charge in [0.15, 0.2) is 12.6 Å². The Hall–Kier alpha value is -1.07. The zero-order valence-electron chi connectivity index (χ0n) is 7.30. The van der Waals surface area contributed by atoms with Gasteiger partial charge in [0.05, 0.1) is 10.6 Å². The molecule has 78 valence electrons. The van der Waals surface area contributed by atoms with Crippen molar-refractivity contribution >= 4 is 17.4 Å². The van der Waals surface area contributed by atoms with Gasteiger partial charge in [0, 0.05) is 6.20 Å². The van der Waals surface area contributed by atoms with Crippen LogP contribution in [0.25, 0.3) is 0 Å². The summed E-state index contributed by atoms with van der Waals surface area (Å²) in [5.74, 6) is -1.15. The Morgan fingerprint density at radius 2 is 2.21 bits per heavy atom. The molecule has 1 aromatic rings. The Labute approximate surface area is 84.3 Å². The van der Waals surface area contributed by atoms with Crippen LogP contribution in [0, 0.1) is 5.95 Å². The number of aliphatic hydroxyl groups excluding tert-OH is 1. The lowest BCUT2D eigenvalue weighted by atomic mass is 10.2. The van der Waals surface area contributed by atoms with E-state index in [0.717, 1.165) is 6.20 Å². The van der Waals surface area contributed by atoms with Crippen LogP contribution in [0.3, 0.4) is 0 Å². The molecule has 0 atom stereocenters. The van der Waals surface area contributed by atoms with E-state index in [4.69, 9.17) is 16.7 Å². The van der Waals surface area contributed by atoms with Gasteiger partial charge in [-0.3, -0.25) is 4.79 Å². The zero-order valence-corrected chi connectivity index (χ0v) is 8.05. The number of aromatic nitrogens is 1. The summed E-state index contributed by atoms with van der Waals surface area (Å²) in [7, 11) is 0. The summed E-state index contributed by atoms with van der Waals surface area (Å²) in [5, 5.41) is 7.16. The topological polar surface area (TPSA) is 50.2 Å². The normalized spacial score (nSPS) is 8.93. The second-order valence-corrected chi connectivity index (χ2v) is 2.60. The van der Waals surface area contributed by atoms with Gasteiger partial charge in [0.1, 0.15) is 0 Å². The average molecular weight is 224 g/mol. The van der Waals surface area contributed by atoms with Crippen molar-refractivity contribution in [2.24, 2.45) is 0 Å². The maximum absolute atomic E-state index is 12.6. The van der Waals surface area contributed by atoms with Gasteiger partial charge >= 0.3 is 0 Å². The zero-order chi connectivity index (χ0) is 11.1. The number of hydrogen-bond acceptors (Lipinski definition) is 3. The highest BCUT2D eigenvalue weighted by molar-refractivity contribution is 6.30. The van der Waals surface area contributed by atoms with Gasteiger partial charge in [-0.1, -0.05) is 11.6 Å². The predicted molar refractivity (Wildman–Crippen MR) is 47.4 cm³/mol. The molecule has 0 saturated carbocycles. The number of carbonyl (C=O) groups is 1. The molecule has 0 unspecified atom stereocenters. The van der Waals surface area contributed by atoms with E-state index < -0.39 is 12.8 Å². The molecule has 3 nitrogen and oxygen atoms in total. The third-order valence-electron chi connectivity index (χ3n) is 1.18. The van der Waals surface area contributed by atoms with Crippen LogP contribution in [-0.4, -0.2) is 22.7 Å². The maximum Gasteiger partial charge on any atom is 0.223 e. The number of pyridine rings is 1. The first-order valence-corrected chi connectivity index (χ1v) is 3.89. The van der Waals surface area contributed by atoms with Gasteiger partial charge in [-0.25, -0.2) is 9.37 Å². The minimum absolute atomic E-state index is 0.0718. The molecule has 0 radical (unpaired) electrons. The Kier molecular flexibility index (Phi) is 5.91. The van der Waals surface area contributed by atoms with E-state index in [-0.39, 0.29) is 16.4 Å². The molecule has 0 aromatic carbocycles. The largest absolute Gasteiger partial charge is 0.366 e. The number of aliphatic hydroxyl groups is 1. The molecule has 0 aliphatic rings. The summed E-state index contributed by atoms with van der Waals surface area (Å²) in [5.41, 5.74) is -0.0718. The van der Waals surface area contributed by atoms with Gasteiger partial charge in [0.25, 0.3) is 0 Å². The smallest absolute Gasteiger partial charge is 0.223 e. The summed E-state index contributed by atoms with van der Waals surface area (Å²) in [6.45, 7) is 0.0103. The third-order valence-corrected chi connectivity index (χ3v) is 1.39. The van der Waals surface area contributed by atoms with Gasteiger partial charge in [-0.15, -0.1) is 0 Å². The van der Waals surface area contributed by atoms with Gasteiger partial charge in [-0.2, -0.15) is 4.39 Å². The van der Waals surface area contributed by atoms with Crippen LogP contribution >= 0.6 is 11.6 Å². The average Bonchev–Trinajstić information content (AvgIpc) is 2.10. The first-order valence-electron chi connectivity index (χ1n) is 3.51. The second-order valence-electron chi connectivity index (χ2n) is 2.17. The second kappa shape index (κ2) is 6.39. The summed E-state index contributed by atoms with van der Waals surface area (Å²) in [4.78, 5) is 14.0. The summed E-state index contributed by atoms with van der Waals surface area (Å²) >= 11 is 5.48. The van der Waals surface area contributed by atoms with Crippen LogP contribution in [0.15, 0.2) is 12.3 Å². The SMILES string of the molecule is CC(=O)c1cc(Cl)cnc1F.OCF. The lowest BCUT2D eigenvalue weighted by Gasteiger charge is -1.96. The Morgan fingerprint density at radius 1 is 1.71 bits per heavy atom. The molecule has 1 rings (SSSR count). The Balaban J connectivity index is 0.000000500. The number of nitrogens with zero attached hydrogens (tertiary/aromatic N) is 1. The van der Waals surface area contributed by atoms with Crippen LogP contribution in [0.2, 0.25) is 5.02 Å². The summed E-state index contributed by atoms with van der Waals surface area (Å²) < 4.78 is 22.5. The van der Waals surface area contributed by atoms with E-state index in [2.05, 4.69) is 4.98 Å². The van der Waals surface area contributed by atoms with Crippen molar-refractivity contribution in [2.45, 2.75) is 6.92 Å². The third kappa shape index (κ3) is 4.25. The number of hydrogen-bond donors (Lipinski definition) is 1. The molecule has 0 aliphatic carbocycles. The van der Waals surface area contributed by atoms with E-state index in [9.17, 15) is 13.6 Å². The molecule has 1 aromatic heterocycles. The molecule has 0 spiro atoms. The van der Waals surface area contributed by atoms with E-state index in [1.807, 2.05) is 0 Å². The fraction of sp³-hybridized carbons (Fsp3) is 0.250. The number of rotatable bonds is 1. The highest BCUT2D eigenvalue weighted by Crippen LogP contribution is 2.12. The van der Waals surface area contributed by atoms with Crippen molar-refractivity contribution in [1.82, 2.24) is 4.98 Å². The molecular weight excluding hydrogens is 216 g/mol. The first-order chi connectivity index (χ1) is 6.52. The number of alkyl halides is 1. The molecule has 0 fully saturated rings. The molecule has 6 heteroatoms. The molecule has 14 heavy (non-hydrogen) atoms. The molecule has 0 bridgehead atoms. The molecule has 1 heterocycles. The fourth-order valence-electron chi connectivity index (χ4n) is 0.669. The van der Waals surface area contributed by atoms with Crippen LogP contribution in [0.4, 0.5) is 8.78 Å². The highest BCUT2D eigenvalue weighted by atomic mass is 35.5. The van der Waals surface area contributed by atoms with Crippen LogP contribution in [0.1, 0.15) is 17.3 Å². The molecular formula is C8H8ClF2NO2. The van der Waals surface area contributed by atoms with E-state index >= 15 is 0 Å². The van der Waals surface area contributed by atoms with Crippen LogP contribution < -0.4 is 0 Å². The lowest BCUT2D eigenvalue weighted by Crippen LogP contribution is -1.98. The fourth-order valence-corrected chi connectivity index (χ4v) is 0.827. The van der Waals surface area contributed by atoms with Gasteiger partial charge < -0.3 is 5.11 Å². The molecule has 0 amide bonds. The minimum Gasteiger partial charge on any atom is -0.366 e. The lowest BCUT2D eigenvalue weighted by molar-refractivity contribution is 0.101. The highest BCUT2D eigenvalue weighted by Gasteiger charge is 2.07. The Morgan fingerprint density at radius 3 is 2.57 bits per heavy atom. The maximum atomic E-state index is 12.6. The van der Waals surface area contributed by atoms with Crippen LogP contribution in [0.5, 0.6) is 0 Å². The predicted octanol–water partition coefficient (Wildman–Crippen LogP) is 1.98. The van der Waals surface area contributed by atoms with E-state index in [1.54, 1.807) is 0 Å². The number of ketones is 1. The first kappa shape index (κ1) is 12.9.